The zero-order chi connectivity index (χ0) is 16.8. The summed E-state index contributed by atoms with van der Waals surface area (Å²) in [4.78, 5) is 8.80. The third kappa shape index (κ3) is 4.46. The summed E-state index contributed by atoms with van der Waals surface area (Å²) in [7, 11) is 0. The van der Waals surface area contributed by atoms with Crippen molar-refractivity contribution < 1.29 is 0 Å². The zero-order valence-corrected chi connectivity index (χ0v) is 14.2. The quantitative estimate of drug-likeness (QED) is 0.670. The van der Waals surface area contributed by atoms with E-state index in [2.05, 4.69) is 39.7 Å². The Morgan fingerprint density at radius 2 is 1.75 bits per heavy atom. The van der Waals surface area contributed by atoms with Crippen molar-refractivity contribution in [1.82, 2.24) is 9.97 Å². The smallest absolute Gasteiger partial charge is 0.225 e. The van der Waals surface area contributed by atoms with Crippen molar-refractivity contribution in [2.75, 3.05) is 10.6 Å². The first-order valence-corrected chi connectivity index (χ1v) is 8.21. The second-order valence-corrected chi connectivity index (χ2v) is 5.96. The lowest BCUT2D eigenvalue weighted by atomic mass is 10.1. The summed E-state index contributed by atoms with van der Waals surface area (Å²) in [6.45, 7) is 2.77. The van der Waals surface area contributed by atoms with Crippen LogP contribution >= 0.6 is 11.6 Å². The first-order valence-electron chi connectivity index (χ1n) is 7.83. The summed E-state index contributed by atoms with van der Waals surface area (Å²) in [6.07, 6.45) is 1.75. The molecule has 5 heteroatoms. The van der Waals surface area contributed by atoms with Gasteiger partial charge >= 0.3 is 0 Å². The van der Waals surface area contributed by atoms with Gasteiger partial charge in [-0.3, -0.25) is 0 Å². The van der Waals surface area contributed by atoms with Crippen LogP contribution in [-0.2, 0) is 6.54 Å². The van der Waals surface area contributed by atoms with Gasteiger partial charge in [0.15, 0.2) is 0 Å². The molecule has 4 nitrogen and oxygen atoms in total. The minimum Gasteiger partial charge on any atom is -0.366 e. The van der Waals surface area contributed by atoms with Crippen molar-refractivity contribution in [3.63, 3.8) is 0 Å². The molecule has 3 aromatic rings. The van der Waals surface area contributed by atoms with Crippen LogP contribution < -0.4 is 10.6 Å². The summed E-state index contributed by atoms with van der Waals surface area (Å²) < 4.78 is 0. The highest BCUT2D eigenvalue weighted by molar-refractivity contribution is 6.30. The van der Waals surface area contributed by atoms with Gasteiger partial charge in [0, 0.05) is 17.8 Å². The fourth-order valence-corrected chi connectivity index (χ4v) is 2.47. The number of halogens is 1. The van der Waals surface area contributed by atoms with Gasteiger partial charge in [-0.15, -0.1) is 0 Å². The second-order valence-electron chi connectivity index (χ2n) is 5.52. The summed E-state index contributed by atoms with van der Waals surface area (Å²) in [5, 5.41) is 7.36. The molecule has 1 heterocycles. The highest BCUT2D eigenvalue weighted by Gasteiger charge is 2.07. The number of aromatic nitrogens is 2. The molecule has 0 bridgehead atoms. The molecule has 2 N–H and O–H groups in total. The van der Waals surface area contributed by atoms with E-state index < -0.39 is 0 Å². The largest absolute Gasteiger partial charge is 0.366 e. The van der Waals surface area contributed by atoms with Gasteiger partial charge in [-0.1, -0.05) is 54.1 Å². The number of hydrogen-bond donors (Lipinski definition) is 2. The molecule has 0 radical (unpaired) electrons. The topological polar surface area (TPSA) is 49.8 Å². The van der Waals surface area contributed by atoms with Gasteiger partial charge in [0.2, 0.25) is 5.95 Å². The number of benzene rings is 2. The summed E-state index contributed by atoms with van der Waals surface area (Å²) in [5.74, 6) is 1.38. The van der Waals surface area contributed by atoms with E-state index in [0.717, 1.165) is 16.4 Å². The molecule has 3 rings (SSSR count). The molecule has 0 aliphatic carbocycles. The highest BCUT2D eigenvalue weighted by Crippen LogP contribution is 2.17. The van der Waals surface area contributed by atoms with Gasteiger partial charge in [-0.05, 0) is 36.2 Å². The molecule has 0 fully saturated rings. The van der Waals surface area contributed by atoms with Gasteiger partial charge in [0.25, 0.3) is 0 Å². The number of hydrogen-bond acceptors (Lipinski definition) is 4. The molecule has 0 amide bonds. The standard InChI is InChI=1S/C19H19ClN4/c1-14(16-5-3-2-4-6-16)23-19-21-12-11-18(24-19)22-13-15-7-9-17(20)10-8-15/h2-12,14H,13H2,1H3,(H2,21,22,23,24). The predicted molar refractivity (Wildman–Crippen MR) is 99.3 cm³/mol. The second kappa shape index (κ2) is 7.79. The first-order chi connectivity index (χ1) is 11.7. The van der Waals surface area contributed by atoms with Crippen LogP contribution in [0.15, 0.2) is 66.9 Å². The molecular weight excluding hydrogens is 320 g/mol. The van der Waals surface area contributed by atoms with Crippen LogP contribution in [0.4, 0.5) is 11.8 Å². The van der Waals surface area contributed by atoms with Crippen molar-refractivity contribution in [1.29, 1.82) is 0 Å². The third-order valence-corrected chi connectivity index (χ3v) is 3.94. The van der Waals surface area contributed by atoms with Gasteiger partial charge in [-0.25, -0.2) is 4.98 Å². The fraction of sp³-hybridized carbons (Fsp3) is 0.158. The van der Waals surface area contributed by atoms with Crippen molar-refractivity contribution >= 4 is 23.4 Å². The summed E-state index contributed by atoms with van der Waals surface area (Å²) in [5.41, 5.74) is 2.34. The molecule has 0 aliphatic heterocycles. The van der Waals surface area contributed by atoms with Gasteiger partial charge in [0.05, 0.1) is 6.04 Å². The van der Waals surface area contributed by atoms with Crippen LogP contribution in [0.3, 0.4) is 0 Å². The number of nitrogens with one attached hydrogen (secondary N) is 2. The van der Waals surface area contributed by atoms with Gasteiger partial charge in [0.1, 0.15) is 5.82 Å². The van der Waals surface area contributed by atoms with Crippen molar-refractivity contribution in [2.24, 2.45) is 0 Å². The normalized spacial score (nSPS) is 11.8. The Morgan fingerprint density at radius 3 is 2.50 bits per heavy atom. The molecule has 0 saturated carbocycles. The summed E-state index contributed by atoms with van der Waals surface area (Å²) in [6, 6.07) is 20.0. The minimum atomic E-state index is 0.137. The van der Waals surface area contributed by atoms with Crippen LogP contribution in [0.25, 0.3) is 0 Å². The van der Waals surface area contributed by atoms with E-state index in [1.54, 1.807) is 6.20 Å². The molecule has 1 unspecified atom stereocenters. The SMILES string of the molecule is CC(Nc1nccc(NCc2ccc(Cl)cc2)n1)c1ccccc1. The Kier molecular flexibility index (Phi) is 5.29. The third-order valence-electron chi connectivity index (χ3n) is 3.69. The van der Waals surface area contributed by atoms with Crippen molar-refractivity contribution in [3.05, 3.63) is 83.0 Å². The number of nitrogens with zero attached hydrogens (tertiary/aromatic N) is 2. The van der Waals surface area contributed by atoms with E-state index in [-0.39, 0.29) is 6.04 Å². The molecule has 1 aromatic heterocycles. The minimum absolute atomic E-state index is 0.137. The Bertz CT molecular complexity index is 775. The Morgan fingerprint density at radius 1 is 1.00 bits per heavy atom. The number of anilines is 2. The fourth-order valence-electron chi connectivity index (χ4n) is 2.34. The highest BCUT2D eigenvalue weighted by atomic mass is 35.5. The van der Waals surface area contributed by atoms with Gasteiger partial charge in [-0.2, -0.15) is 4.98 Å². The van der Waals surface area contributed by atoms with E-state index in [9.17, 15) is 0 Å². The molecule has 2 aromatic carbocycles. The van der Waals surface area contributed by atoms with Crippen LogP contribution in [0.5, 0.6) is 0 Å². The predicted octanol–water partition coefficient (Wildman–Crippen LogP) is 4.92. The molecule has 0 aliphatic rings. The average molecular weight is 339 g/mol. The van der Waals surface area contributed by atoms with Crippen LogP contribution in [0.2, 0.25) is 5.02 Å². The molecule has 122 valence electrons. The molecule has 0 spiro atoms. The Balaban J connectivity index is 1.62. The average Bonchev–Trinajstić information content (AvgIpc) is 2.62. The Labute approximate surface area is 146 Å². The van der Waals surface area contributed by atoms with Crippen LogP contribution in [0, 0.1) is 0 Å². The van der Waals surface area contributed by atoms with E-state index in [1.165, 1.54) is 5.56 Å². The molecule has 1 atom stereocenters. The number of rotatable bonds is 6. The monoisotopic (exact) mass is 338 g/mol. The van der Waals surface area contributed by atoms with Crippen molar-refractivity contribution in [2.45, 2.75) is 19.5 Å². The maximum atomic E-state index is 5.90. The molecular formula is C19H19ClN4. The van der Waals surface area contributed by atoms with E-state index >= 15 is 0 Å². The van der Waals surface area contributed by atoms with E-state index in [4.69, 9.17) is 11.6 Å². The lowest BCUT2D eigenvalue weighted by Gasteiger charge is -2.14. The lowest BCUT2D eigenvalue weighted by Crippen LogP contribution is -2.10. The maximum absolute atomic E-state index is 5.90. The van der Waals surface area contributed by atoms with Crippen molar-refractivity contribution in [3.8, 4) is 0 Å². The zero-order valence-electron chi connectivity index (χ0n) is 13.4. The van der Waals surface area contributed by atoms with Crippen LogP contribution in [-0.4, -0.2) is 9.97 Å². The summed E-state index contributed by atoms with van der Waals surface area (Å²) >= 11 is 5.90. The lowest BCUT2D eigenvalue weighted by molar-refractivity contribution is 0.860. The first kappa shape index (κ1) is 16.3. The van der Waals surface area contributed by atoms with Gasteiger partial charge < -0.3 is 10.6 Å². The maximum Gasteiger partial charge on any atom is 0.225 e. The van der Waals surface area contributed by atoms with E-state index in [0.29, 0.717) is 12.5 Å². The molecule has 0 saturated heterocycles. The van der Waals surface area contributed by atoms with Crippen LogP contribution in [0.1, 0.15) is 24.1 Å². The molecule has 24 heavy (non-hydrogen) atoms. The Hall–Kier alpha value is -2.59. The van der Waals surface area contributed by atoms with E-state index in [1.807, 2.05) is 48.5 Å².